The summed E-state index contributed by atoms with van der Waals surface area (Å²) < 4.78 is 32.1. The van der Waals surface area contributed by atoms with Crippen molar-refractivity contribution >= 4 is 40.4 Å². The number of hydrogen-bond donors (Lipinski definition) is 0. The number of carbonyl (C=O) groups excluding carboxylic acids is 1. The molecule has 0 atom stereocenters. The van der Waals surface area contributed by atoms with Gasteiger partial charge in [0.25, 0.3) is 5.91 Å². The molecule has 1 saturated heterocycles. The lowest BCUT2D eigenvalue weighted by Gasteiger charge is -2.34. The molecule has 0 unspecified atom stereocenters. The van der Waals surface area contributed by atoms with E-state index >= 15 is 0 Å². The number of carbonyl (C=O) groups is 1. The van der Waals surface area contributed by atoms with Gasteiger partial charge in [-0.15, -0.1) is 11.3 Å². The fourth-order valence-corrected chi connectivity index (χ4v) is 4.80. The Balaban J connectivity index is 1.29. The fourth-order valence-electron chi connectivity index (χ4n) is 3.47. The molecule has 0 spiro atoms. The Kier molecular flexibility index (Phi) is 7.30. The van der Waals surface area contributed by atoms with Crippen LogP contribution in [0, 0.1) is 11.6 Å². The molecule has 1 aromatic heterocycles. The Labute approximate surface area is 198 Å². The van der Waals surface area contributed by atoms with Crippen molar-refractivity contribution < 1.29 is 18.3 Å². The number of ether oxygens (including phenoxy) is 1. The summed E-state index contributed by atoms with van der Waals surface area (Å²) in [5, 5.41) is 3.07. The van der Waals surface area contributed by atoms with E-state index in [9.17, 15) is 13.6 Å². The number of piperazine rings is 1. The molecule has 2 aromatic carbocycles. The van der Waals surface area contributed by atoms with E-state index < -0.39 is 11.6 Å². The van der Waals surface area contributed by atoms with Crippen molar-refractivity contribution in [2.75, 3.05) is 26.2 Å². The standard InChI is InChI=1S/C23H20Cl2F2N2O2S/c24-17-2-1-16(19(25)10-17)12-28-5-7-29(8-6-28)23(30)22-9-15(14-32-22)13-31-21-4-3-18(26)11-20(21)27/h1-4,9-11,14H,5-8,12-13H2. The molecule has 0 bridgehead atoms. The predicted octanol–water partition coefficient (Wildman–Crippen LogP) is 5.87. The second-order valence-corrected chi connectivity index (χ2v) is 9.24. The number of thiophene rings is 1. The third kappa shape index (κ3) is 5.59. The molecule has 3 aromatic rings. The molecule has 0 N–H and O–H groups in total. The molecule has 0 radical (unpaired) electrons. The summed E-state index contributed by atoms with van der Waals surface area (Å²) in [6, 6.07) is 10.4. The van der Waals surface area contributed by atoms with Crippen molar-refractivity contribution in [3.8, 4) is 5.75 Å². The van der Waals surface area contributed by atoms with Crippen LogP contribution < -0.4 is 4.74 Å². The lowest BCUT2D eigenvalue weighted by molar-refractivity contribution is 0.0633. The summed E-state index contributed by atoms with van der Waals surface area (Å²) in [5.74, 6) is -1.47. The molecule has 168 valence electrons. The molecule has 2 heterocycles. The van der Waals surface area contributed by atoms with Gasteiger partial charge in [0.05, 0.1) is 4.88 Å². The van der Waals surface area contributed by atoms with Gasteiger partial charge in [0.2, 0.25) is 0 Å². The summed E-state index contributed by atoms with van der Waals surface area (Å²) in [6.45, 7) is 3.54. The summed E-state index contributed by atoms with van der Waals surface area (Å²) >= 11 is 13.6. The minimum atomic E-state index is -0.755. The second kappa shape index (κ2) is 10.2. The summed E-state index contributed by atoms with van der Waals surface area (Å²) in [6.07, 6.45) is 0. The number of rotatable bonds is 6. The normalized spacial score (nSPS) is 14.6. The maximum Gasteiger partial charge on any atom is 0.264 e. The van der Waals surface area contributed by atoms with E-state index in [2.05, 4.69) is 4.90 Å². The maximum atomic E-state index is 13.7. The van der Waals surface area contributed by atoms with Crippen LogP contribution in [0.4, 0.5) is 8.78 Å². The quantitative estimate of drug-likeness (QED) is 0.427. The number of nitrogens with zero attached hydrogens (tertiary/aromatic N) is 2. The van der Waals surface area contributed by atoms with Crippen LogP contribution in [-0.4, -0.2) is 41.9 Å². The predicted molar refractivity (Wildman–Crippen MR) is 123 cm³/mol. The summed E-state index contributed by atoms with van der Waals surface area (Å²) in [5.41, 5.74) is 1.77. The minimum Gasteiger partial charge on any atom is -0.486 e. The SMILES string of the molecule is O=C(c1cc(COc2ccc(F)cc2F)cs1)N1CCN(Cc2ccc(Cl)cc2Cl)CC1. The molecule has 1 fully saturated rings. The average Bonchev–Trinajstić information content (AvgIpc) is 3.24. The number of amides is 1. The Bertz CT molecular complexity index is 1120. The monoisotopic (exact) mass is 496 g/mol. The van der Waals surface area contributed by atoms with Crippen LogP contribution in [0.1, 0.15) is 20.8 Å². The van der Waals surface area contributed by atoms with E-state index in [0.717, 1.165) is 36.3 Å². The van der Waals surface area contributed by atoms with Crippen molar-refractivity contribution in [2.24, 2.45) is 0 Å². The molecule has 0 aliphatic carbocycles. The highest BCUT2D eigenvalue weighted by Crippen LogP contribution is 2.24. The van der Waals surface area contributed by atoms with Gasteiger partial charge in [-0.05, 0) is 41.3 Å². The molecule has 9 heteroatoms. The topological polar surface area (TPSA) is 32.8 Å². The van der Waals surface area contributed by atoms with Crippen LogP contribution in [0.15, 0.2) is 47.8 Å². The smallest absolute Gasteiger partial charge is 0.264 e. The first-order valence-electron chi connectivity index (χ1n) is 10.00. The molecule has 4 rings (SSSR count). The van der Waals surface area contributed by atoms with Crippen LogP contribution in [0.2, 0.25) is 10.0 Å². The van der Waals surface area contributed by atoms with Gasteiger partial charge in [-0.25, -0.2) is 8.78 Å². The molecular weight excluding hydrogens is 477 g/mol. The van der Waals surface area contributed by atoms with E-state index in [1.54, 1.807) is 12.1 Å². The average molecular weight is 497 g/mol. The minimum absolute atomic E-state index is 0.0256. The van der Waals surface area contributed by atoms with Crippen LogP contribution in [0.3, 0.4) is 0 Å². The zero-order valence-electron chi connectivity index (χ0n) is 17.0. The van der Waals surface area contributed by atoms with Crippen LogP contribution in [-0.2, 0) is 13.2 Å². The first-order valence-corrected chi connectivity index (χ1v) is 11.6. The number of halogens is 4. The zero-order chi connectivity index (χ0) is 22.7. The van der Waals surface area contributed by atoms with E-state index in [-0.39, 0.29) is 18.3 Å². The molecule has 1 aliphatic heterocycles. The molecular formula is C23H20Cl2F2N2O2S. The van der Waals surface area contributed by atoms with Crippen molar-refractivity contribution in [3.05, 3.63) is 85.5 Å². The number of benzene rings is 2. The third-order valence-electron chi connectivity index (χ3n) is 5.22. The number of hydrogen-bond acceptors (Lipinski definition) is 4. The molecule has 0 saturated carbocycles. The Morgan fingerprint density at radius 2 is 1.81 bits per heavy atom. The molecule has 1 aliphatic rings. The Hall–Kier alpha value is -2.19. The Morgan fingerprint density at radius 3 is 2.53 bits per heavy atom. The van der Waals surface area contributed by atoms with Gasteiger partial charge in [0.15, 0.2) is 11.6 Å². The van der Waals surface area contributed by atoms with Gasteiger partial charge in [-0.3, -0.25) is 9.69 Å². The summed E-state index contributed by atoms with van der Waals surface area (Å²) in [4.78, 5) is 17.6. The lowest BCUT2D eigenvalue weighted by atomic mass is 10.2. The zero-order valence-corrected chi connectivity index (χ0v) is 19.3. The van der Waals surface area contributed by atoms with E-state index in [1.807, 2.05) is 22.4 Å². The highest BCUT2D eigenvalue weighted by molar-refractivity contribution is 7.12. The van der Waals surface area contributed by atoms with Gasteiger partial charge in [-0.2, -0.15) is 0 Å². The van der Waals surface area contributed by atoms with E-state index in [0.29, 0.717) is 34.6 Å². The van der Waals surface area contributed by atoms with Gasteiger partial charge in [0.1, 0.15) is 12.4 Å². The van der Waals surface area contributed by atoms with Crippen molar-refractivity contribution in [3.63, 3.8) is 0 Å². The lowest BCUT2D eigenvalue weighted by Crippen LogP contribution is -2.48. The highest BCUT2D eigenvalue weighted by atomic mass is 35.5. The van der Waals surface area contributed by atoms with Gasteiger partial charge in [-0.1, -0.05) is 29.3 Å². The fraction of sp³-hybridized carbons (Fsp3) is 0.261. The van der Waals surface area contributed by atoms with Crippen molar-refractivity contribution in [1.82, 2.24) is 9.80 Å². The van der Waals surface area contributed by atoms with Gasteiger partial charge >= 0.3 is 0 Å². The molecule has 32 heavy (non-hydrogen) atoms. The van der Waals surface area contributed by atoms with Crippen molar-refractivity contribution in [1.29, 1.82) is 0 Å². The maximum absolute atomic E-state index is 13.7. The van der Waals surface area contributed by atoms with Crippen molar-refractivity contribution in [2.45, 2.75) is 13.2 Å². The van der Waals surface area contributed by atoms with Crippen LogP contribution >= 0.6 is 34.5 Å². The van der Waals surface area contributed by atoms with Crippen LogP contribution in [0.25, 0.3) is 0 Å². The van der Waals surface area contributed by atoms with E-state index in [4.69, 9.17) is 27.9 Å². The van der Waals surface area contributed by atoms with Crippen LogP contribution in [0.5, 0.6) is 5.75 Å². The third-order valence-corrected chi connectivity index (χ3v) is 6.78. The first-order chi connectivity index (χ1) is 15.4. The second-order valence-electron chi connectivity index (χ2n) is 7.49. The largest absolute Gasteiger partial charge is 0.486 e. The Morgan fingerprint density at radius 1 is 1.03 bits per heavy atom. The van der Waals surface area contributed by atoms with E-state index in [1.165, 1.54) is 17.4 Å². The summed E-state index contributed by atoms with van der Waals surface area (Å²) in [7, 11) is 0. The highest BCUT2D eigenvalue weighted by Gasteiger charge is 2.23. The first kappa shape index (κ1) is 23.0. The molecule has 1 amide bonds. The molecule has 4 nitrogen and oxygen atoms in total. The van der Waals surface area contributed by atoms with Gasteiger partial charge in [0, 0.05) is 54.4 Å². The van der Waals surface area contributed by atoms with Gasteiger partial charge < -0.3 is 9.64 Å².